The number of benzene rings is 1. The molecule has 0 radical (unpaired) electrons. The summed E-state index contributed by atoms with van der Waals surface area (Å²) in [5.41, 5.74) is 2.21. The van der Waals surface area contributed by atoms with Crippen LogP contribution in [0, 0.1) is 12.7 Å². The van der Waals surface area contributed by atoms with Crippen LogP contribution in [0.15, 0.2) is 41.0 Å². The van der Waals surface area contributed by atoms with Gasteiger partial charge < -0.3 is 14.2 Å². The molecule has 3 heterocycles. The Kier molecular flexibility index (Phi) is 6.46. The van der Waals surface area contributed by atoms with E-state index in [9.17, 15) is 9.18 Å². The number of hydrogen-bond acceptors (Lipinski definition) is 5. The molecule has 0 N–H and O–H groups in total. The molecule has 168 valence electrons. The maximum Gasteiger partial charge on any atom is 0.289 e. The first-order chi connectivity index (χ1) is 15.3. The summed E-state index contributed by atoms with van der Waals surface area (Å²) in [6.45, 7) is 8.30. The average Bonchev–Trinajstić information content (AvgIpc) is 3.31. The molecule has 0 aliphatic carbocycles. The molecule has 0 unspecified atom stereocenters. The number of nitrogens with zero attached hydrogens (tertiary/aromatic N) is 4. The standard InChI is InChI=1S/C24H26ClFN4O2/c1-15(2)22-18(14-17-19(25)6-4-7-20(17)26)23(28-16(3)27-22)29-9-11-30(12-10-29)24(31)21-8-5-13-32-21/h4-8,13,15H,9-12,14H2,1-3H3. The molecule has 1 aliphatic heterocycles. The molecule has 2 aromatic heterocycles. The number of aromatic nitrogens is 2. The maximum atomic E-state index is 14.6. The molecule has 1 aliphatic rings. The lowest BCUT2D eigenvalue weighted by Gasteiger charge is -2.36. The zero-order chi connectivity index (χ0) is 22.8. The van der Waals surface area contributed by atoms with Crippen molar-refractivity contribution in [2.75, 3.05) is 31.1 Å². The minimum Gasteiger partial charge on any atom is -0.459 e. The van der Waals surface area contributed by atoms with Crippen molar-refractivity contribution in [2.45, 2.75) is 33.1 Å². The van der Waals surface area contributed by atoms with Gasteiger partial charge in [0, 0.05) is 48.7 Å². The highest BCUT2D eigenvalue weighted by molar-refractivity contribution is 6.31. The Bertz CT molecular complexity index is 1090. The molecule has 6 nitrogen and oxygen atoms in total. The van der Waals surface area contributed by atoms with E-state index < -0.39 is 0 Å². The Morgan fingerprint density at radius 1 is 1.12 bits per heavy atom. The van der Waals surface area contributed by atoms with Crippen LogP contribution in [0.1, 0.15) is 53.0 Å². The van der Waals surface area contributed by atoms with Gasteiger partial charge in [0.25, 0.3) is 5.91 Å². The van der Waals surface area contributed by atoms with Crippen LogP contribution in [0.25, 0.3) is 0 Å². The Morgan fingerprint density at radius 3 is 2.50 bits per heavy atom. The summed E-state index contributed by atoms with van der Waals surface area (Å²) in [7, 11) is 0. The zero-order valence-electron chi connectivity index (χ0n) is 18.4. The molecule has 1 aromatic carbocycles. The predicted octanol–water partition coefficient (Wildman–Crippen LogP) is 4.85. The third-order valence-corrected chi connectivity index (χ3v) is 6.04. The molecule has 1 fully saturated rings. The normalized spacial score (nSPS) is 14.3. The number of anilines is 1. The monoisotopic (exact) mass is 456 g/mol. The van der Waals surface area contributed by atoms with E-state index >= 15 is 0 Å². The number of carbonyl (C=O) groups is 1. The van der Waals surface area contributed by atoms with Crippen molar-refractivity contribution in [1.29, 1.82) is 0 Å². The number of hydrogen-bond donors (Lipinski definition) is 0. The first-order valence-electron chi connectivity index (χ1n) is 10.7. The number of aryl methyl sites for hydroxylation is 1. The van der Waals surface area contributed by atoms with Crippen molar-refractivity contribution < 1.29 is 13.6 Å². The first-order valence-corrected chi connectivity index (χ1v) is 11.1. The molecular weight excluding hydrogens is 431 g/mol. The number of carbonyl (C=O) groups excluding carboxylic acids is 1. The molecule has 0 atom stereocenters. The van der Waals surface area contributed by atoms with Gasteiger partial charge in [-0.3, -0.25) is 4.79 Å². The number of piperazine rings is 1. The van der Waals surface area contributed by atoms with Crippen LogP contribution in [0.2, 0.25) is 5.02 Å². The fourth-order valence-corrected chi connectivity index (χ4v) is 4.30. The Morgan fingerprint density at radius 2 is 1.88 bits per heavy atom. The number of rotatable bonds is 5. The second-order valence-corrected chi connectivity index (χ2v) is 8.65. The summed E-state index contributed by atoms with van der Waals surface area (Å²) in [6, 6.07) is 8.10. The van der Waals surface area contributed by atoms with Crippen molar-refractivity contribution in [1.82, 2.24) is 14.9 Å². The molecule has 8 heteroatoms. The van der Waals surface area contributed by atoms with Crippen LogP contribution in [0.3, 0.4) is 0 Å². The topological polar surface area (TPSA) is 62.5 Å². The molecule has 0 bridgehead atoms. The number of amides is 1. The first kappa shape index (κ1) is 22.3. The van der Waals surface area contributed by atoms with E-state index in [1.54, 1.807) is 29.2 Å². The van der Waals surface area contributed by atoms with Gasteiger partial charge in [-0.1, -0.05) is 31.5 Å². The van der Waals surface area contributed by atoms with Gasteiger partial charge in [0.05, 0.1) is 12.0 Å². The van der Waals surface area contributed by atoms with Crippen molar-refractivity contribution in [3.63, 3.8) is 0 Å². The summed E-state index contributed by atoms with van der Waals surface area (Å²) in [6.07, 6.45) is 1.81. The van der Waals surface area contributed by atoms with Crippen LogP contribution in [0.5, 0.6) is 0 Å². The van der Waals surface area contributed by atoms with Gasteiger partial charge in [0.2, 0.25) is 0 Å². The fourth-order valence-electron chi connectivity index (χ4n) is 4.07. The van der Waals surface area contributed by atoms with Gasteiger partial charge in [-0.2, -0.15) is 0 Å². The summed E-state index contributed by atoms with van der Waals surface area (Å²) >= 11 is 6.34. The maximum absolute atomic E-state index is 14.6. The summed E-state index contributed by atoms with van der Waals surface area (Å²) < 4.78 is 19.9. The molecular formula is C24H26ClFN4O2. The molecule has 0 saturated carbocycles. The van der Waals surface area contributed by atoms with Crippen LogP contribution < -0.4 is 4.90 Å². The minimum atomic E-state index is -0.340. The van der Waals surface area contributed by atoms with Crippen LogP contribution >= 0.6 is 11.6 Å². The third kappa shape index (κ3) is 4.48. The van der Waals surface area contributed by atoms with Gasteiger partial charge in [-0.15, -0.1) is 0 Å². The molecule has 4 rings (SSSR count). The predicted molar refractivity (Wildman–Crippen MR) is 122 cm³/mol. The SMILES string of the molecule is Cc1nc(C(C)C)c(Cc2c(F)cccc2Cl)c(N2CCN(C(=O)c3ccco3)CC2)n1. The summed E-state index contributed by atoms with van der Waals surface area (Å²) in [5, 5.41) is 0.389. The van der Waals surface area contributed by atoms with Gasteiger partial charge in [0.1, 0.15) is 17.5 Å². The number of halogens is 2. The minimum absolute atomic E-state index is 0.116. The number of furan rings is 1. The molecule has 3 aromatic rings. The summed E-state index contributed by atoms with van der Waals surface area (Å²) in [5.74, 6) is 1.47. The van der Waals surface area contributed by atoms with E-state index in [0.717, 1.165) is 17.1 Å². The lowest BCUT2D eigenvalue weighted by atomic mass is 9.97. The molecule has 0 spiro atoms. The van der Waals surface area contributed by atoms with Crippen molar-refractivity contribution in [3.8, 4) is 0 Å². The quantitative estimate of drug-likeness (QED) is 0.549. The van der Waals surface area contributed by atoms with Gasteiger partial charge in [-0.25, -0.2) is 14.4 Å². The summed E-state index contributed by atoms with van der Waals surface area (Å²) in [4.78, 5) is 26.0. The zero-order valence-corrected chi connectivity index (χ0v) is 19.2. The second-order valence-electron chi connectivity index (χ2n) is 8.25. The fraction of sp³-hybridized carbons (Fsp3) is 0.375. The van der Waals surface area contributed by atoms with Gasteiger partial charge in [-0.05, 0) is 37.1 Å². The third-order valence-electron chi connectivity index (χ3n) is 5.69. The average molecular weight is 457 g/mol. The molecule has 1 amide bonds. The lowest BCUT2D eigenvalue weighted by molar-refractivity contribution is 0.0714. The largest absolute Gasteiger partial charge is 0.459 e. The smallest absolute Gasteiger partial charge is 0.289 e. The van der Waals surface area contributed by atoms with Crippen molar-refractivity contribution in [3.05, 3.63) is 75.8 Å². The Balaban J connectivity index is 1.64. The van der Waals surface area contributed by atoms with E-state index in [2.05, 4.69) is 23.7 Å². The van der Waals surface area contributed by atoms with Crippen molar-refractivity contribution in [2.24, 2.45) is 0 Å². The highest BCUT2D eigenvalue weighted by Crippen LogP contribution is 2.32. The van der Waals surface area contributed by atoms with Crippen LogP contribution in [0.4, 0.5) is 10.2 Å². The van der Waals surface area contributed by atoms with Gasteiger partial charge in [0.15, 0.2) is 5.76 Å². The second kappa shape index (κ2) is 9.28. The lowest BCUT2D eigenvalue weighted by Crippen LogP contribution is -2.49. The highest BCUT2D eigenvalue weighted by Gasteiger charge is 2.28. The Hall–Kier alpha value is -2.93. The van der Waals surface area contributed by atoms with Gasteiger partial charge >= 0.3 is 0 Å². The van der Waals surface area contributed by atoms with Crippen LogP contribution in [-0.4, -0.2) is 47.0 Å². The highest BCUT2D eigenvalue weighted by atomic mass is 35.5. The van der Waals surface area contributed by atoms with Crippen molar-refractivity contribution >= 4 is 23.3 Å². The van der Waals surface area contributed by atoms with E-state index in [1.807, 2.05) is 6.92 Å². The van der Waals surface area contributed by atoms with E-state index in [4.69, 9.17) is 21.0 Å². The molecule has 1 saturated heterocycles. The molecule has 32 heavy (non-hydrogen) atoms. The van der Waals surface area contributed by atoms with E-state index in [-0.39, 0.29) is 17.6 Å². The van der Waals surface area contributed by atoms with Crippen LogP contribution in [-0.2, 0) is 6.42 Å². The van der Waals surface area contributed by atoms with E-state index in [0.29, 0.717) is 54.8 Å². The Labute approximate surface area is 192 Å². The van der Waals surface area contributed by atoms with E-state index in [1.165, 1.54) is 12.3 Å².